The summed E-state index contributed by atoms with van der Waals surface area (Å²) in [5.74, 6) is 0. The van der Waals surface area contributed by atoms with Crippen LogP contribution in [0.3, 0.4) is 0 Å². The molecular weight excluding hydrogens is 114 g/mol. The van der Waals surface area contributed by atoms with Gasteiger partial charge >= 0.3 is 5.71 Å². The Labute approximate surface area is 45.7 Å². The van der Waals surface area contributed by atoms with E-state index in [1.54, 1.807) is 0 Å². The second-order valence-corrected chi connectivity index (χ2v) is 1.17. The maximum atomic E-state index is 8.14. The van der Waals surface area contributed by atoms with Gasteiger partial charge in [0.25, 0.3) is 0 Å². The van der Waals surface area contributed by atoms with Crippen molar-refractivity contribution in [1.29, 1.82) is 0 Å². The van der Waals surface area contributed by atoms with E-state index in [1.807, 2.05) is 0 Å². The Kier molecular flexibility index (Phi) is 2.90. The maximum absolute atomic E-state index is 8.14. The first-order valence-corrected chi connectivity index (χ1v) is 1.96. The molecule has 0 aliphatic rings. The lowest BCUT2D eigenvalue weighted by atomic mass is 10.4. The Morgan fingerprint density at radius 2 is 1.50 bits per heavy atom. The fourth-order valence-corrected chi connectivity index (χ4v) is 0.176. The summed E-state index contributed by atoms with van der Waals surface area (Å²) in [6.07, 6.45) is 0. The van der Waals surface area contributed by atoms with E-state index in [2.05, 4.69) is 0 Å². The van der Waals surface area contributed by atoms with Gasteiger partial charge in [-0.15, -0.1) is 0 Å². The normalized spacial score (nSPS) is 8.75. The minimum absolute atomic E-state index is 0.259. The first-order valence-electron chi connectivity index (χ1n) is 1.96. The molecule has 0 atom stereocenters. The average molecular weight is 122 g/mol. The van der Waals surface area contributed by atoms with E-state index < -0.39 is 13.2 Å². The highest BCUT2D eigenvalue weighted by atomic mass is 16.8. The van der Waals surface area contributed by atoms with Crippen molar-refractivity contribution in [2.75, 3.05) is 13.2 Å². The zero-order valence-electron chi connectivity index (χ0n) is 4.15. The van der Waals surface area contributed by atoms with Crippen molar-refractivity contribution >= 4 is 5.71 Å². The van der Waals surface area contributed by atoms with E-state index in [0.717, 1.165) is 0 Å². The summed E-state index contributed by atoms with van der Waals surface area (Å²) in [6, 6.07) is 0. The molecule has 0 rings (SSSR count). The Balaban J connectivity index is 3.86. The minimum atomic E-state index is -0.566. The molecule has 0 saturated heterocycles. The van der Waals surface area contributed by atoms with Crippen LogP contribution in [0.25, 0.3) is 0 Å². The van der Waals surface area contributed by atoms with Gasteiger partial charge < -0.3 is 10.2 Å². The molecule has 0 radical (unpaired) electrons. The molecule has 0 saturated carbocycles. The van der Waals surface area contributed by atoms with Crippen LogP contribution in [0, 0.1) is 0 Å². The van der Waals surface area contributed by atoms with Crippen LogP contribution in [-0.4, -0.2) is 44.5 Å². The lowest BCUT2D eigenvalue weighted by molar-refractivity contribution is -0.956. The van der Waals surface area contributed by atoms with Gasteiger partial charge in [-0.05, 0) is 0 Å². The SMILES string of the molecule is OCC(CO)=[N+](O)O. The lowest BCUT2D eigenvalue weighted by Crippen LogP contribution is -2.21. The molecule has 5 nitrogen and oxygen atoms in total. The summed E-state index contributed by atoms with van der Waals surface area (Å²) >= 11 is 0. The summed E-state index contributed by atoms with van der Waals surface area (Å²) in [5.41, 5.74) is -0.259. The summed E-state index contributed by atoms with van der Waals surface area (Å²) in [6.45, 7) is -1.13. The fraction of sp³-hybridized carbons (Fsp3) is 0.667. The van der Waals surface area contributed by atoms with Crippen molar-refractivity contribution in [3.8, 4) is 0 Å². The van der Waals surface area contributed by atoms with Crippen molar-refractivity contribution in [1.82, 2.24) is 0 Å². The molecule has 0 unspecified atom stereocenters. The van der Waals surface area contributed by atoms with Gasteiger partial charge in [0.2, 0.25) is 0 Å². The minimum Gasteiger partial charge on any atom is -0.385 e. The predicted molar refractivity (Wildman–Crippen MR) is 23.0 cm³/mol. The largest absolute Gasteiger partial charge is 0.385 e. The molecule has 8 heavy (non-hydrogen) atoms. The number of aliphatic hydroxyl groups excluding tert-OH is 2. The van der Waals surface area contributed by atoms with Gasteiger partial charge in [-0.3, -0.25) is 0 Å². The average Bonchev–Trinajstić information content (AvgIpc) is 1.69. The first-order chi connectivity index (χ1) is 3.72. The van der Waals surface area contributed by atoms with Crippen molar-refractivity contribution in [2.45, 2.75) is 0 Å². The van der Waals surface area contributed by atoms with Crippen LogP contribution in [0.2, 0.25) is 0 Å². The third-order valence-corrected chi connectivity index (χ3v) is 0.648. The summed E-state index contributed by atoms with van der Waals surface area (Å²) in [7, 11) is 0. The lowest BCUT2D eigenvalue weighted by Gasteiger charge is -1.85. The van der Waals surface area contributed by atoms with E-state index in [-0.39, 0.29) is 10.6 Å². The van der Waals surface area contributed by atoms with Gasteiger partial charge in [-0.25, -0.2) is 10.4 Å². The molecule has 0 aromatic heterocycles. The summed E-state index contributed by atoms with van der Waals surface area (Å²) in [5, 5.41) is 32.4. The predicted octanol–water partition coefficient (Wildman–Crippen LogP) is -1.80. The van der Waals surface area contributed by atoms with E-state index in [4.69, 9.17) is 20.6 Å². The second-order valence-electron chi connectivity index (χ2n) is 1.17. The molecule has 0 aromatic carbocycles. The number of rotatable bonds is 2. The van der Waals surface area contributed by atoms with Gasteiger partial charge in [-0.1, -0.05) is 0 Å². The van der Waals surface area contributed by atoms with Crippen LogP contribution in [-0.2, 0) is 0 Å². The zero-order chi connectivity index (χ0) is 6.57. The topological polar surface area (TPSA) is 83.9 Å². The van der Waals surface area contributed by atoms with Gasteiger partial charge in [-0.2, -0.15) is 0 Å². The molecule has 0 aliphatic carbocycles. The van der Waals surface area contributed by atoms with Crippen molar-refractivity contribution in [3.05, 3.63) is 0 Å². The third-order valence-electron chi connectivity index (χ3n) is 0.648. The van der Waals surface area contributed by atoms with E-state index in [0.29, 0.717) is 0 Å². The number of nitrogens with zero attached hydrogens (tertiary/aromatic N) is 1. The van der Waals surface area contributed by atoms with Crippen LogP contribution in [0.5, 0.6) is 0 Å². The molecule has 0 amide bonds. The highest BCUT2D eigenvalue weighted by Gasteiger charge is 2.09. The van der Waals surface area contributed by atoms with Gasteiger partial charge in [0.1, 0.15) is 13.2 Å². The molecular formula is C3H8NO4+. The van der Waals surface area contributed by atoms with Crippen LogP contribution in [0.4, 0.5) is 0 Å². The van der Waals surface area contributed by atoms with Crippen LogP contribution in [0.1, 0.15) is 0 Å². The molecule has 0 fully saturated rings. The molecule has 5 heteroatoms. The molecule has 48 valence electrons. The third kappa shape index (κ3) is 1.76. The highest BCUT2D eigenvalue weighted by Crippen LogP contribution is 1.68. The maximum Gasteiger partial charge on any atom is 0.315 e. The van der Waals surface area contributed by atoms with E-state index in [1.165, 1.54) is 0 Å². The second kappa shape index (κ2) is 3.23. The Morgan fingerprint density at radius 3 is 1.50 bits per heavy atom. The number of hydrogen-bond acceptors (Lipinski definition) is 4. The van der Waals surface area contributed by atoms with Crippen molar-refractivity contribution < 1.29 is 25.5 Å². The molecule has 0 aliphatic heterocycles. The van der Waals surface area contributed by atoms with E-state index >= 15 is 0 Å². The smallest absolute Gasteiger partial charge is 0.315 e. The molecule has 4 N–H and O–H groups in total. The van der Waals surface area contributed by atoms with Gasteiger partial charge in [0, 0.05) is 0 Å². The molecule has 0 heterocycles. The number of hydrogen-bond donors (Lipinski definition) is 4. The highest BCUT2D eigenvalue weighted by molar-refractivity contribution is 5.81. The molecule has 0 bridgehead atoms. The quantitative estimate of drug-likeness (QED) is 0.198. The van der Waals surface area contributed by atoms with Crippen LogP contribution >= 0.6 is 0 Å². The molecule has 0 spiro atoms. The summed E-state index contributed by atoms with van der Waals surface area (Å²) < 4.78 is 0. The Hall–Kier alpha value is -0.810. The van der Waals surface area contributed by atoms with Gasteiger partial charge in [0.05, 0.1) is 0 Å². The Morgan fingerprint density at radius 1 is 1.12 bits per heavy atom. The first kappa shape index (κ1) is 7.19. The van der Waals surface area contributed by atoms with Crippen molar-refractivity contribution in [2.24, 2.45) is 0 Å². The summed E-state index contributed by atoms with van der Waals surface area (Å²) in [4.78, 5) is -0.306. The zero-order valence-corrected chi connectivity index (χ0v) is 4.15. The van der Waals surface area contributed by atoms with Crippen molar-refractivity contribution in [3.63, 3.8) is 0 Å². The molecule has 0 aromatic rings. The standard InChI is InChI=1S/C3H8NO4/c5-1-3(2-6)4(7)8/h5-8H,1-2H2/q+1. The van der Waals surface area contributed by atoms with Gasteiger partial charge in [0.15, 0.2) is 4.90 Å². The Bertz CT molecular complexity index is 89.5. The van der Waals surface area contributed by atoms with Crippen LogP contribution in [0.15, 0.2) is 0 Å². The monoisotopic (exact) mass is 122 g/mol. The fourth-order valence-electron chi connectivity index (χ4n) is 0.176. The van der Waals surface area contributed by atoms with E-state index in [9.17, 15) is 0 Å². The number of aliphatic hydroxyl groups is 2. The van der Waals surface area contributed by atoms with Crippen LogP contribution < -0.4 is 0 Å².